The zero-order valence-electron chi connectivity index (χ0n) is 14.4. The third kappa shape index (κ3) is 7.56. The fourth-order valence-electron chi connectivity index (χ4n) is 2.29. The molecule has 0 amide bonds. The number of aldehydes is 2. The lowest BCUT2D eigenvalue weighted by molar-refractivity contribution is -0.144. The molecule has 0 radical (unpaired) electrons. The molecule has 0 fully saturated rings. The van der Waals surface area contributed by atoms with Gasteiger partial charge in [0.05, 0.1) is 13.0 Å². The molecule has 0 aliphatic heterocycles. The van der Waals surface area contributed by atoms with E-state index < -0.39 is 11.9 Å². The molecule has 6 heteroatoms. The van der Waals surface area contributed by atoms with Crippen LogP contribution in [-0.2, 0) is 30.3 Å². The van der Waals surface area contributed by atoms with Gasteiger partial charge in [-0.3, -0.25) is 14.4 Å². The van der Waals surface area contributed by atoms with Crippen LogP contribution in [0.5, 0.6) is 5.75 Å². The van der Waals surface area contributed by atoms with E-state index >= 15 is 0 Å². The summed E-state index contributed by atoms with van der Waals surface area (Å²) in [5.74, 6) is -0.833. The zero-order chi connectivity index (χ0) is 18.7. The highest BCUT2D eigenvalue weighted by molar-refractivity contribution is 5.78. The van der Waals surface area contributed by atoms with E-state index in [9.17, 15) is 19.2 Å². The van der Waals surface area contributed by atoms with Gasteiger partial charge in [0.2, 0.25) is 0 Å². The molecule has 6 nitrogen and oxygen atoms in total. The number of carbonyl (C=O) groups excluding carboxylic acids is 4. The molecule has 0 spiro atoms. The van der Waals surface area contributed by atoms with Gasteiger partial charge in [-0.25, -0.2) is 0 Å². The van der Waals surface area contributed by atoms with Crippen molar-refractivity contribution in [2.24, 2.45) is 5.92 Å². The van der Waals surface area contributed by atoms with Crippen molar-refractivity contribution in [3.63, 3.8) is 0 Å². The SMILES string of the molecule is C/C=C(/C=O)C(CC=O)CC(=O)OCCc1ccc(OC(C)=O)cc1. The van der Waals surface area contributed by atoms with Gasteiger partial charge >= 0.3 is 11.9 Å². The van der Waals surface area contributed by atoms with Crippen molar-refractivity contribution >= 4 is 24.5 Å². The van der Waals surface area contributed by atoms with Crippen molar-refractivity contribution in [3.8, 4) is 5.75 Å². The summed E-state index contributed by atoms with van der Waals surface area (Å²) in [5.41, 5.74) is 1.35. The summed E-state index contributed by atoms with van der Waals surface area (Å²) in [7, 11) is 0. The molecule has 0 heterocycles. The number of allylic oxidation sites excluding steroid dienone is 2. The lowest BCUT2D eigenvalue weighted by Crippen LogP contribution is -2.16. The second kappa shape index (κ2) is 10.9. The van der Waals surface area contributed by atoms with E-state index in [0.717, 1.165) is 5.56 Å². The van der Waals surface area contributed by atoms with Gasteiger partial charge < -0.3 is 14.3 Å². The van der Waals surface area contributed by atoms with Crippen LogP contribution in [0.2, 0.25) is 0 Å². The Hall–Kier alpha value is -2.76. The Morgan fingerprint density at radius 2 is 1.84 bits per heavy atom. The molecule has 25 heavy (non-hydrogen) atoms. The first kappa shape index (κ1) is 20.3. The smallest absolute Gasteiger partial charge is 0.308 e. The molecule has 0 aromatic heterocycles. The number of ether oxygens (including phenoxy) is 2. The Balaban J connectivity index is 2.46. The summed E-state index contributed by atoms with van der Waals surface area (Å²) >= 11 is 0. The molecule has 0 saturated heterocycles. The standard InChI is InChI=1S/C19H22O6/c1-3-16(13-21)17(8-10-20)12-19(23)24-11-9-15-4-6-18(7-5-15)25-14(2)22/h3-7,10,13,17H,8-9,11-12H2,1-2H3/b16-3-. The van der Waals surface area contributed by atoms with E-state index in [2.05, 4.69) is 0 Å². The quantitative estimate of drug-likeness (QED) is 0.280. The Morgan fingerprint density at radius 3 is 2.36 bits per heavy atom. The van der Waals surface area contributed by atoms with Crippen LogP contribution in [0, 0.1) is 5.92 Å². The fourth-order valence-corrected chi connectivity index (χ4v) is 2.29. The average Bonchev–Trinajstić information content (AvgIpc) is 2.57. The molecule has 0 N–H and O–H groups in total. The van der Waals surface area contributed by atoms with Gasteiger partial charge in [-0.2, -0.15) is 0 Å². The van der Waals surface area contributed by atoms with Crippen molar-refractivity contribution < 1.29 is 28.7 Å². The summed E-state index contributed by atoms with van der Waals surface area (Å²) in [6.07, 6.45) is 3.54. The molecule has 0 bridgehead atoms. The molecular weight excluding hydrogens is 324 g/mol. The second-order valence-corrected chi connectivity index (χ2v) is 5.42. The molecule has 0 aliphatic carbocycles. The first-order valence-electron chi connectivity index (χ1n) is 7.98. The highest BCUT2D eigenvalue weighted by Gasteiger charge is 2.18. The van der Waals surface area contributed by atoms with E-state index in [1.54, 1.807) is 37.3 Å². The molecule has 1 aromatic rings. The minimum atomic E-state index is -0.454. The largest absolute Gasteiger partial charge is 0.465 e. The van der Waals surface area contributed by atoms with Crippen molar-refractivity contribution in [2.45, 2.75) is 33.1 Å². The maximum Gasteiger partial charge on any atom is 0.308 e. The van der Waals surface area contributed by atoms with Crippen LogP contribution in [0.4, 0.5) is 0 Å². The van der Waals surface area contributed by atoms with Gasteiger partial charge in [0.25, 0.3) is 0 Å². The number of hydrogen-bond donors (Lipinski definition) is 0. The van der Waals surface area contributed by atoms with Crippen LogP contribution >= 0.6 is 0 Å². The third-order valence-corrected chi connectivity index (χ3v) is 3.57. The minimum Gasteiger partial charge on any atom is -0.465 e. The van der Waals surface area contributed by atoms with Gasteiger partial charge in [-0.15, -0.1) is 0 Å². The van der Waals surface area contributed by atoms with Gasteiger partial charge in [-0.05, 0) is 30.2 Å². The first-order valence-corrected chi connectivity index (χ1v) is 7.98. The summed E-state index contributed by atoms with van der Waals surface area (Å²) < 4.78 is 10.1. The zero-order valence-corrected chi connectivity index (χ0v) is 14.4. The predicted molar refractivity (Wildman–Crippen MR) is 91.0 cm³/mol. The molecule has 1 rings (SSSR count). The number of esters is 2. The summed E-state index contributed by atoms with van der Waals surface area (Å²) in [4.78, 5) is 44.4. The molecule has 1 atom stereocenters. The predicted octanol–water partition coefficient (Wildman–Crippen LogP) is 2.44. The van der Waals surface area contributed by atoms with Crippen molar-refractivity contribution in [1.82, 2.24) is 0 Å². The van der Waals surface area contributed by atoms with Crippen molar-refractivity contribution in [2.75, 3.05) is 6.61 Å². The summed E-state index contributed by atoms with van der Waals surface area (Å²) in [6, 6.07) is 6.90. The van der Waals surface area contributed by atoms with Crippen molar-refractivity contribution in [1.29, 1.82) is 0 Å². The molecule has 0 aliphatic rings. The second-order valence-electron chi connectivity index (χ2n) is 5.42. The van der Waals surface area contributed by atoms with Gasteiger partial charge in [-0.1, -0.05) is 18.2 Å². The lowest BCUT2D eigenvalue weighted by Gasteiger charge is -2.13. The highest BCUT2D eigenvalue weighted by atomic mass is 16.5. The molecule has 1 unspecified atom stereocenters. The Labute approximate surface area is 146 Å². The third-order valence-electron chi connectivity index (χ3n) is 3.57. The Kier molecular flexibility index (Phi) is 8.85. The van der Waals surface area contributed by atoms with Crippen molar-refractivity contribution in [3.05, 3.63) is 41.5 Å². The minimum absolute atomic E-state index is 0.0114. The Bertz CT molecular complexity index is 630. The van der Waals surface area contributed by atoms with Crippen LogP contribution < -0.4 is 4.74 Å². The van der Waals surface area contributed by atoms with Crippen LogP contribution in [-0.4, -0.2) is 31.1 Å². The van der Waals surface area contributed by atoms with Gasteiger partial charge in [0.1, 0.15) is 18.3 Å². The summed E-state index contributed by atoms with van der Waals surface area (Å²) in [6.45, 7) is 3.20. The molecule has 0 saturated carbocycles. The molecular formula is C19H22O6. The van der Waals surface area contributed by atoms with E-state index in [4.69, 9.17) is 9.47 Å². The topological polar surface area (TPSA) is 86.7 Å². The maximum atomic E-state index is 11.9. The van der Waals surface area contributed by atoms with E-state index in [1.165, 1.54) is 6.92 Å². The number of benzene rings is 1. The van der Waals surface area contributed by atoms with Crippen LogP contribution in [0.15, 0.2) is 35.9 Å². The first-order chi connectivity index (χ1) is 12.0. The molecule has 1 aromatic carbocycles. The normalized spacial score (nSPS) is 12.2. The highest BCUT2D eigenvalue weighted by Crippen LogP contribution is 2.18. The van der Waals surface area contributed by atoms with Gasteiger partial charge in [0.15, 0.2) is 0 Å². The van der Waals surface area contributed by atoms with E-state index in [1.807, 2.05) is 0 Å². The van der Waals surface area contributed by atoms with E-state index in [-0.39, 0.29) is 25.4 Å². The monoisotopic (exact) mass is 346 g/mol. The average molecular weight is 346 g/mol. The van der Waals surface area contributed by atoms with Gasteiger partial charge in [0, 0.05) is 25.7 Å². The Morgan fingerprint density at radius 1 is 1.16 bits per heavy atom. The fraction of sp³-hybridized carbons (Fsp3) is 0.368. The number of rotatable bonds is 10. The maximum absolute atomic E-state index is 11.9. The van der Waals surface area contributed by atoms with Crippen LogP contribution in [0.25, 0.3) is 0 Å². The van der Waals surface area contributed by atoms with E-state index in [0.29, 0.717) is 30.3 Å². The van der Waals surface area contributed by atoms with Crippen LogP contribution in [0.1, 0.15) is 32.3 Å². The number of carbonyl (C=O) groups is 4. The lowest BCUT2D eigenvalue weighted by atomic mass is 9.93. The summed E-state index contributed by atoms with van der Waals surface area (Å²) in [5, 5.41) is 0. The van der Waals surface area contributed by atoms with Crippen LogP contribution in [0.3, 0.4) is 0 Å². The molecule has 134 valence electrons. The number of hydrogen-bond acceptors (Lipinski definition) is 6.